The lowest BCUT2D eigenvalue weighted by atomic mass is 9.96. The van der Waals surface area contributed by atoms with Gasteiger partial charge in [-0.15, -0.1) is 0 Å². The van der Waals surface area contributed by atoms with E-state index in [9.17, 15) is 5.26 Å². The normalized spacial score (nSPS) is 11.6. The molecule has 0 spiro atoms. The van der Waals surface area contributed by atoms with Crippen molar-refractivity contribution >= 4 is 43.6 Å². The summed E-state index contributed by atoms with van der Waals surface area (Å²) in [6.07, 6.45) is 0. The van der Waals surface area contributed by atoms with Crippen molar-refractivity contribution in [3.63, 3.8) is 0 Å². The molecule has 44 heavy (non-hydrogen) atoms. The Morgan fingerprint density at radius 3 is 1.50 bits per heavy atom. The van der Waals surface area contributed by atoms with Crippen LogP contribution in [-0.2, 0) is 0 Å². The summed E-state index contributed by atoms with van der Waals surface area (Å²) in [4.78, 5) is 0. The fourth-order valence-electron chi connectivity index (χ4n) is 7.09. The Balaban J connectivity index is 1.54. The Kier molecular flexibility index (Phi) is 5.76. The maximum absolute atomic E-state index is 10.8. The van der Waals surface area contributed by atoms with Crippen LogP contribution < -0.4 is 0 Å². The van der Waals surface area contributed by atoms with Gasteiger partial charge in [0.25, 0.3) is 0 Å². The van der Waals surface area contributed by atoms with Crippen LogP contribution in [0.2, 0.25) is 0 Å². The highest BCUT2D eigenvalue weighted by molar-refractivity contribution is 6.11. The van der Waals surface area contributed by atoms with E-state index in [0.717, 1.165) is 44.6 Å². The summed E-state index contributed by atoms with van der Waals surface area (Å²) < 4.78 is 4.62. The van der Waals surface area contributed by atoms with E-state index in [1.54, 1.807) is 0 Å². The van der Waals surface area contributed by atoms with Crippen LogP contribution >= 0.6 is 0 Å². The van der Waals surface area contributed by atoms with E-state index in [4.69, 9.17) is 0 Å². The molecule has 2 heterocycles. The second kappa shape index (κ2) is 9.73. The molecule has 0 amide bonds. The van der Waals surface area contributed by atoms with Gasteiger partial charge in [-0.2, -0.15) is 5.26 Å². The molecule has 2 aromatic heterocycles. The monoisotopic (exact) mass is 565 g/mol. The van der Waals surface area contributed by atoms with E-state index >= 15 is 0 Å². The summed E-state index contributed by atoms with van der Waals surface area (Å²) in [7, 11) is 0. The van der Waals surface area contributed by atoms with Crippen molar-refractivity contribution < 1.29 is 0 Å². The minimum Gasteiger partial charge on any atom is -0.309 e. The number of para-hydroxylation sites is 2. The SMILES string of the molecule is Cc1cc(C)cc(-c2cc(-n3c4ccccc4c4cc(C)ccc43)c(C#N)cc2-n2c3ccccc3c3cc(C)ccc32)c1. The third-order valence-corrected chi connectivity index (χ3v) is 8.91. The lowest BCUT2D eigenvalue weighted by Crippen LogP contribution is -2.04. The van der Waals surface area contributed by atoms with Crippen molar-refractivity contribution in [3.8, 4) is 28.6 Å². The number of nitrogens with zero attached hydrogens (tertiary/aromatic N) is 3. The molecule has 0 bridgehead atoms. The number of hydrogen-bond acceptors (Lipinski definition) is 1. The zero-order valence-corrected chi connectivity index (χ0v) is 25.3. The summed E-state index contributed by atoms with van der Waals surface area (Å²) in [5.74, 6) is 0. The number of nitriles is 1. The Morgan fingerprint density at radius 2 is 0.955 bits per heavy atom. The number of aryl methyl sites for hydroxylation is 4. The van der Waals surface area contributed by atoms with E-state index in [1.807, 2.05) is 0 Å². The molecule has 8 aromatic rings. The van der Waals surface area contributed by atoms with Crippen molar-refractivity contribution in [1.29, 1.82) is 5.26 Å². The summed E-state index contributed by atoms with van der Waals surface area (Å²) in [5.41, 5.74) is 14.1. The maximum atomic E-state index is 10.8. The molecular weight excluding hydrogens is 534 g/mol. The van der Waals surface area contributed by atoms with E-state index in [2.05, 4.69) is 158 Å². The molecule has 0 aliphatic heterocycles. The van der Waals surface area contributed by atoms with Crippen LogP contribution in [0.3, 0.4) is 0 Å². The standard InChI is InChI=1S/C41H31N3/c1-25-13-15-38-34(20-25)31-9-5-7-11-36(31)43(38)40-23-33(29-18-27(3)17-28(4)19-29)41(22-30(40)24-42)44-37-12-8-6-10-32(37)35-21-26(2)14-16-39(35)44/h5-23H,1-4H3. The van der Waals surface area contributed by atoms with Gasteiger partial charge in [0.15, 0.2) is 0 Å². The molecule has 8 rings (SSSR count). The van der Waals surface area contributed by atoms with Gasteiger partial charge in [-0.25, -0.2) is 0 Å². The average molecular weight is 566 g/mol. The highest BCUT2D eigenvalue weighted by Gasteiger charge is 2.21. The van der Waals surface area contributed by atoms with Gasteiger partial charge in [0.1, 0.15) is 6.07 Å². The minimum absolute atomic E-state index is 0.634. The fourth-order valence-corrected chi connectivity index (χ4v) is 7.09. The van der Waals surface area contributed by atoms with Crippen LogP contribution in [0.5, 0.6) is 0 Å². The van der Waals surface area contributed by atoms with Gasteiger partial charge in [0.05, 0.1) is 39.0 Å². The topological polar surface area (TPSA) is 33.6 Å². The van der Waals surface area contributed by atoms with Crippen LogP contribution in [0.25, 0.3) is 66.1 Å². The van der Waals surface area contributed by atoms with Gasteiger partial charge in [0.2, 0.25) is 0 Å². The molecule has 0 radical (unpaired) electrons. The molecule has 0 N–H and O–H groups in total. The highest BCUT2D eigenvalue weighted by atomic mass is 15.0. The summed E-state index contributed by atoms with van der Waals surface area (Å²) >= 11 is 0. The molecule has 0 saturated heterocycles. The second-order valence-electron chi connectivity index (χ2n) is 12.1. The lowest BCUT2D eigenvalue weighted by Gasteiger charge is -2.19. The van der Waals surface area contributed by atoms with Gasteiger partial charge in [-0.3, -0.25) is 0 Å². The van der Waals surface area contributed by atoms with Crippen LogP contribution in [0, 0.1) is 39.0 Å². The van der Waals surface area contributed by atoms with Gasteiger partial charge >= 0.3 is 0 Å². The summed E-state index contributed by atoms with van der Waals surface area (Å²) in [6, 6.07) is 44.0. The van der Waals surface area contributed by atoms with Crippen molar-refractivity contribution in [1.82, 2.24) is 9.13 Å². The quantitative estimate of drug-likeness (QED) is 0.210. The van der Waals surface area contributed by atoms with Gasteiger partial charge in [0, 0.05) is 27.1 Å². The molecule has 210 valence electrons. The van der Waals surface area contributed by atoms with Crippen LogP contribution in [0.15, 0.2) is 115 Å². The minimum atomic E-state index is 0.634. The highest BCUT2D eigenvalue weighted by Crippen LogP contribution is 2.41. The Labute approximate surface area is 256 Å². The lowest BCUT2D eigenvalue weighted by molar-refractivity contribution is 1.13. The zero-order chi connectivity index (χ0) is 30.1. The molecule has 3 nitrogen and oxygen atoms in total. The first-order valence-corrected chi connectivity index (χ1v) is 15.1. The first kappa shape index (κ1) is 26.1. The smallest absolute Gasteiger partial charge is 0.101 e. The molecular formula is C41H31N3. The largest absolute Gasteiger partial charge is 0.309 e. The fraction of sp³-hybridized carbons (Fsp3) is 0.0976. The Morgan fingerprint density at radius 1 is 0.455 bits per heavy atom. The van der Waals surface area contributed by atoms with Crippen LogP contribution in [0.4, 0.5) is 0 Å². The van der Waals surface area contributed by atoms with E-state index in [1.165, 1.54) is 43.8 Å². The molecule has 0 atom stereocenters. The van der Waals surface area contributed by atoms with Crippen molar-refractivity contribution in [2.24, 2.45) is 0 Å². The zero-order valence-electron chi connectivity index (χ0n) is 25.3. The molecule has 0 fully saturated rings. The second-order valence-corrected chi connectivity index (χ2v) is 12.1. The summed E-state index contributed by atoms with van der Waals surface area (Å²) in [6.45, 7) is 8.58. The van der Waals surface area contributed by atoms with Crippen molar-refractivity contribution in [2.45, 2.75) is 27.7 Å². The number of fused-ring (bicyclic) bond motifs is 6. The van der Waals surface area contributed by atoms with E-state index in [-0.39, 0.29) is 0 Å². The van der Waals surface area contributed by atoms with Gasteiger partial charge in [-0.1, -0.05) is 89.0 Å². The number of aromatic nitrogens is 2. The van der Waals surface area contributed by atoms with Gasteiger partial charge < -0.3 is 9.13 Å². The Bertz CT molecular complexity index is 2480. The molecule has 3 heteroatoms. The predicted molar refractivity (Wildman–Crippen MR) is 184 cm³/mol. The molecule has 6 aromatic carbocycles. The third-order valence-electron chi connectivity index (χ3n) is 8.91. The van der Waals surface area contributed by atoms with E-state index < -0.39 is 0 Å². The van der Waals surface area contributed by atoms with Crippen LogP contribution in [-0.4, -0.2) is 9.13 Å². The van der Waals surface area contributed by atoms with Crippen molar-refractivity contribution in [2.75, 3.05) is 0 Å². The molecule has 0 aliphatic rings. The number of rotatable bonds is 3. The molecule has 0 aliphatic carbocycles. The molecule has 0 unspecified atom stereocenters. The third kappa shape index (κ3) is 3.88. The average Bonchev–Trinajstić information content (AvgIpc) is 3.52. The van der Waals surface area contributed by atoms with Crippen LogP contribution in [0.1, 0.15) is 27.8 Å². The maximum Gasteiger partial charge on any atom is 0.101 e. The van der Waals surface area contributed by atoms with Crippen molar-refractivity contribution in [3.05, 3.63) is 143 Å². The molecule has 0 saturated carbocycles. The first-order chi connectivity index (χ1) is 21.4. The Hall–Kier alpha value is -5.59. The summed E-state index contributed by atoms with van der Waals surface area (Å²) in [5, 5.41) is 15.6. The number of hydrogen-bond donors (Lipinski definition) is 0. The first-order valence-electron chi connectivity index (χ1n) is 15.1. The predicted octanol–water partition coefficient (Wildman–Crippen LogP) is 10.7. The van der Waals surface area contributed by atoms with Gasteiger partial charge in [-0.05, 0) is 81.8 Å². The van der Waals surface area contributed by atoms with E-state index in [0.29, 0.717) is 5.56 Å². The number of benzene rings is 6.